The third kappa shape index (κ3) is 19.8. The maximum atomic E-state index is 7.50. The van der Waals surface area contributed by atoms with Crippen molar-refractivity contribution in [1.29, 1.82) is 0 Å². The number of rotatable bonds is 7. The van der Waals surface area contributed by atoms with Gasteiger partial charge in [-0.15, -0.1) is 0 Å². The summed E-state index contributed by atoms with van der Waals surface area (Å²) in [6.45, 7) is 32.7. The predicted octanol–water partition coefficient (Wildman–Crippen LogP) is 9.76. The molecule has 0 saturated carbocycles. The Labute approximate surface area is 219 Å². The first-order valence-electron chi connectivity index (χ1n) is 11.5. The smallest absolute Gasteiger partial charge is 0.281 e. The molecule has 0 aromatic heterocycles. The molecule has 0 heterocycles. The van der Waals surface area contributed by atoms with E-state index in [1.54, 1.807) is 0 Å². The summed E-state index contributed by atoms with van der Waals surface area (Å²) in [6, 6.07) is 9.97. The maximum Gasteiger partial charge on any atom is 0.281 e. The molecule has 0 aliphatic heterocycles. The summed E-state index contributed by atoms with van der Waals surface area (Å²) in [5.41, 5.74) is 6.52. The summed E-state index contributed by atoms with van der Waals surface area (Å²) >= 11 is 7.99. The number of halogens is 1. The van der Waals surface area contributed by atoms with Gasteiger partial charge in [0.25, 0.3) is 6.79 Å². The SMILES string of the molecule is CC(C)P(C(C)C)C(C)C.CC(C)P(C(C)C)C(C)C.Cl[C]([Ru])=Cc1ccccc1.[C]=O. The second-order valence-corrected chi connectivity index (χ2v) is 19.1. The second kappa shape index (κ2) is 21.9. The van der Waals surface area contributed by atoms with Crippen molar-refractivity contribution in [3.8, 4) is 0 Å². The molecular weight excluding hydrogens is 539 g/mol. The Kier molecular flexibility index (Phi) is 25.3. The first-order chi connectivity index (χ1) is 14.7. The van der Waals surface area contributed by atoms with Gasteiger partial charge in [-0.2, -0.15) is 0 Å². The Bertz CT molecular complexity index is 506. The average Bonchev–Trinajstić information content (AvgIpc) is 2.62. The van der Waals surface area contributed by atoms with Gasteiger partial charge in [-0.1, -0.05) is 98.9 Å². The third-order valence-corrected chi connectivity index (χ3v) is 12.2. The van der Waals surface area contributed by atoms with Gasteiger partial charge in [-0.3, -0.25) is 4.79 Å². The Balaban J connectivity index is -0.000000379. The molecule has 0 N–H and O–H groups in total. The summed E-state index contributed by atoms with van der Waals surface area (Å²) < 4.78 is 0.741. The van der Waals surface area contributed by atoms with Crippen LogP contribution in [0, 0.1) is 0 Å². The third-order valence-electron chi connectivity index (χ3n) is 4.65. The van der Waals surface area contributed by atoms with E-state index in [0.29, 0.717) is 0 Å². The van der Waals surface area contributed by atoms with Crippen LogP contribution in [-0.2, 0) is 23.1 Å². The predicted molar refractivity (Wildman–Crippen MR) is 151 cm³/mol. The van der Waals surface area contributed by atoms with Crippen molar-refractivity contribution < 1.29 is 23.1 Å². The first kappa shape index (κ1) is 37.0. The molecule has 32 heavy (non-hydrogen) atoms. The molecule has 0 amide bonds. The summed E-state index contributed by atoms with van der Waals surface area (Å²) in [7, 11) is 0.525. The molecule has 0 saturated heterocycles. The first-order valence-corrected chi connectivity index (χ1v) is 15.9. The van der Waals surface area contributed by atoms with Gasteiger partial charge in [0.05, 0.1) is 0 Å². The molecule has 0 unspecified atom stereocenters. The molecule has 0 spiro atoms. The van der Waals surface area contributed by atoms with Crippen LogP contribution in [0.15, 0.2) is 34.0 Å². The monoisotopic (exact) mass is 587 g/mol. The molecular formula is C27H48ClOP2Ru. The molecule has 2 radical (unpaired) electrons. The minimum Gasteiger partial charge on any atom is -0.281 e. The average molecular weight is 587 g/mol. The van der Waals surface area contributed by atoms with Crippen LogP contribution in [0.4, 0.5) is 0 Å². The Morgan fingerprint density at radius 3 is 1.09 bits per heavy atom. The second-order valence-electron chi connectivity index (χ2n) is 9.29. The minimum absolute atomic E-state index is 0.262. The van der Waals surface area contributed by atoms with Gasteiger partial charge in [0.2, 0.25) is 0 Å². The largest absolute Gasteiger partial charge is 0.281 e. The van der Waals surface area contributed by atoms with Gasteiger partial charge in [-0.25, -0.2) is 0 Å². The normalized spacial score (nSPS) is 11.6. The fraction of sp³-hybridized carbons (Fsp3) is 0.667. The number of hydrogen-bond donors (Lipinski definition) is 0. The summed E-state index contributed by atoms with van der Waals surface area (Å²) in [6.07, 6.45) is 1.90. The minimum atomic E-state index is 0.262. The molecule has 187 valence electrons. The number of hydrogen-bond acceptors (Lipinski definition) is 1. The van der Waals surface area contributed by atoms with Crippen molar-refractivity contribution in [1.82, 2.24) is 0 Å². The van der Waals surface area contributed by atoms with Crippen LogP contribution in [0.3, 0.4) is 0 Å². The van der Waals surface area contributed by atoms with Crippen LogP contribution in [0.1, 0.15) is 88.6 Å². The molecule has 0 aliphatic carbocycles. The van der Waals surface area contributed by atoms with Crippen molar-refractivity contribution in [2.75, 3.05) is 0 Å². The fourth-order valence-corrected chi connectivity index (χ4v) is 11.8. The molecule has 0 fully saturated rings. The Morgan fingerprint density at radius 2 is 0.938 bits per heavy atom. The molecule has 5 heteroatoms. The van der Waals surface area contributed by atoms with E-state index >= 15 is 0 Å². The van der Waals surface area contributed by atoms with Crippen molar-refractivity contribution in [3.05, 3.63) is 39.5 Å². The van der Waals surface area contributed by atoms with Crippen LogP contribution in [0.2, 0.25) is 0 Å². The zero-order valence-corrected chi connectivity index (χ0v) is 26.7. The number of benzene rings is 1. The standard InChI is InChI=1S/2C9H21P.C8H6Cl.CO.Ru/c2*1-7(2)10(8(3)4)9(5)6;9-7-6-8-4-2-1-3-5-8;1-2;/h2*7-9H,1-6H3;1-6H;;. The van der Waals surface area contributed by atoms with Gasteiger partial charge in [0.1, 0.15) is 0 Å². The van der Waals surface area contributed by atoms with Gasteiger partial charge in [-0.05, 0) is 34.0 Å². The zero-order valence-electron chi connectivity index (χ0n) is 22.5. The van der Waals surface area contributed by atoms with Crippen molar-refractivity contribution in [2.24, 2.45) is 0 Å². The topological polar surface area (TPSA) is 17.1 Å². The van der Waals surface area contributed by atoms with Gasteiger partial charge < -0.3 is 0 Å². The molecule has 1 rings (SSSR count). The van der Waals surface area contributed by atoms with Crippen molar-refractivity contribution in [2.45, 2.75) is 117 Å². The number of carbonyl (C=O) groups excluding carboxylic acids is 1. The van der Waals surface area contributed by atoms with Crippen LogP contribution < -0.4 is 0 Å². The zero-order chi connectivity index (χ0) is 26.0. The summed E-state index contributed by atoms with van der Waals surface area (Å²) in [4.78, 5) is 7.50. The maximum absolute atomic E-state index is 7.50. The van der Waals surface area contributed by atoms with Gasteiger partial charge in [0.15, 0.2) is 0 Å². The van der Waals surface area contributed by atoms with Gasteiger partial charge in [0, 0.05) is 0 Å². The quantitative estimate of drug-likeness (QED) is 0.229. The van der Waals surface area contributed by atoms with E-state index in [0.717, 1.165) is 43.1 Å². The fourth-order valence-electron chi connectivity index (χ4n) is 4.25. The van der Waals surface area contributed by atoms with E-state index < -0.39 is 0 Å². The Hall–Kier alpha value is 0.403. The molecule has 1 aromatic rings. The molecule has 0 aliphatic rings. The van der Waals surface area contributed by atoms with Crippen molar-refractivity contribution in [3.63, 3.8) is 0 Å². The van der Waals surface area contributed by atoms with Crippen LogP contribution in [-0.4, -0.2) is 40.7 Å². The molecule has 1 nitrogen and oxygen atoms in total. The van der Waals surface area contributed by atoms with E-state index in [4.69, 9.17) is 16.4 Å². The van der Waals surface area contributed by atoms with Crippen molar-refractivity contribution >= 4 is 40.3 Å². The van der Waals surface area contributed by atoms with Crippen LogP contribution >= 0.6 is 27.4 Å². The van der Waals surface area contributed by atoms with Crippen LogP contribution in [0.25, 0.3) is 6.08 Å². The van der Waals surface area contributed by atoms with E-state index in [9.17, 15) is 0 Å². The summed E-state index contributed by atoms with van der Waals surface area (Å²) in [5.74, 6) is 0. The molecule has 0 atom stereocenters. The molecule has 1 aromatic carbocycles. The van der Waals surface area contributed by atoms with Gasteiger partial charge >= 0.3 is 75.5 Å². The van der Waals surface area contributed by atoms with E-state index in [-0.39, 0.29) is 15.8 Å². The van der Waals surface area contributed by atoms with E-state index in [1.165, 1.54) is 0 Å². The Morgan fingerprint density at radius 1 is 0.688 bits per heavy atom. The van der Waals surface area contributed by atoms with E-state index in [1.807, 2.05) is 36.4 Å². The molecule has 0 bridgehead atoms. The van der Waals surface area contributed by atoms with Crippen LogP contribution in [0.5, 0.6) is 0 Å². The summed E-state index contributed by atoms with van der Waals surface area (Å²) in [5, 5.41) is 0. The van der Waals surface area contributed by atoms with E-state index in [2.05, 4.69) is 108 Å².